The number of hydrogen-bond acceptors (Lipinski definition) is 6. The molecule has 1 fully saturated rings. The number of aliphatic hydroxyl groups excluding tert-OH is 1. The minimum atomic E-state index is -0.110. The second-order valence-electron chi connectivity index (χ2n) is 5.08. The highest BCUT2D eigenvalue weighted by molar-refractivity contribution is 5.48. The van der Waals surface area contributed by atoms with Gasteiger partial charge in [-0.25, -0.2) is 9.97 Å². The maximum Gasteiger partial charge on any atom is 0.158 e. The second-order valence-corrected chi connectivity index (χ2v) is 5.08. The van der Waals surface area contributed by atoms with Crippen molar-refractivity contribution in [2.24, 2.45) is 5.92 Å². The third-order valence-electron chi connectivity index (χ3n) is 3.42. The Morgan fingerprint density at radius 3 is 2.79 bits per heavy atom. The quantitative estimate of drug-likeness (QED) is 0.796. The minimum Gasteiger partial charge on any atom is -0.393 e. The molecule has 0 bridgehead atoms. The van der Waals surface area contributed by atoms with Crippen LogP contribution < -0.4 is 10.2 Å². The lowest BCUT2D eigenvalue weighted by Gasteiger charge is -2.34. The van der Waals surface area contributed by atoms with Gasteiger partial charge in [-0.15, -0.1) is 0 Å². The third kappa shape index (κ3) is 3.54. The van der Waals surface area contributed by atoms with Gasteiger partial charge in [0, 0.05) is 33.8 Å². The van der Waals surface area contributed by atoms with E-state index in [2.05, 4.69) is 20.2 Å². The van der Waals surface area contributed by atoms with Gasteiger partial charge >= 0.3 is 0 Å². The van der Waals surface area contributed by atoms with Crippen molar-refractivity contribution in [1.82, 2.24) is 9.97 Å². The molecule has 1 heterocycles. The SMILES string of the molecule is CNc1cc(N(C)CC2CC(O)C2)nc(COC)n1. The predicted molar refractivity (Wildman–Crippen MR) is 74.3 cm³/mol. The van der Waals surface area contributed by atoms with Gasteiger partial charge in [0.2, 0.25) is 0 Å². The normalized spacial score (nSPS) is 21.9. The summed E-state index contributed by atoms with van der Waals surface area (Å²) >= 11 is 0. The first-order chi connectivity index (χ1) is 9.12. The standard InChI is InChI=1S/C13H22N4O2/c1-14-11-6-13(16-12(15-11)8-19-3)17(2)7-9-4-10(18)5-9/h6,9-10,18H,4-5,7-8H2,1-3H3,(H,14,15,16). The van der Waals surface area contributed by atoms with E-state index in [-0.39, 0.29) is 6.10 Å². The molecule has 0 aliphatic heterocycles. The molecule has 0 spiro atoms. The Morgan fingerprint density at radius 1 is 1.47 bits per heavy atom. The van der Waals surface area contributed by atoms with Crippen molar-refractivity contribution < 1.29 is 9.84 Å². The van der Waals surface area contributed by atoms with Crippen molar-refractivity contribution >= 4 is 11.6 Å². The van der Waals surface area contributed by atoms with Crippen LogP contribution in [0.5, 0.6) is 0 Å². The molecule has 106 valence electrons. The number of rotatable bonds is 6. The summed E-state index contributed by atoms with van der Waals surface area (Å²) in [5, 5.41) is 12.4. The van der Waals surface area contributed by atoms with E-state index in [4.69, 9.17) is 4.74 Å². The van der Waals surface area contributed by atoms with Crippen molar-refractivity contribution in [3.05, 3.63) is 11.9 Å². The van der Waals surface area contributed by atoms with Crippen molar-refractivity contribution in [3.8, 4) is 0 Å². The maximum atomic E-state index is 9.33. The molecule has 6 heteroatoms. The summed E-state index contributed by atoms with van der Waals surface area (Å²) in [5.41, 5.74) is 0. The predicted octanol–water partition coefficient (Wildman–Crippen LogP) is 0.872. The molecule has 0 aromatic carbocycles. The number of aliphatic hydroxyl groups is 1. The second kappa shape index (κ2) is 6.16. The fraction of sp³-hybridized carbons (Fsp3) is 0.692. The number of aromatic nitrogens is 2. The van der Waals surface area contributed by atoms with E-state index in [9.17, 15) is 5.11 Å². The molecule has 2 N–H and O–H groups in total. The molecule has 1 aliphatic carbocycles. The first-order valence-electron chi connectivity index (χ1n) is 6.56. The number of methoxy groups -OCH3 is 1. The summed E-state index contributed by atoms with van der Waals surface area (Å²) in [6.07, 6.45) is 1.67. The van der Waals surface area contributed by atoms with Crippen LogP contribution in [0, 0.1) is 5.92 Å². The third-order valence-corrected chi connectivity index (χ3v) is 3.42. The van der Waals surface area contributed by atoms with Crippen LogP contribution in [0.25, 0.3) is 0 Å². The van der Waals surface area contributed by atoms with Gasteiger partial charge in [-0.3, -0.25) is 0 Å². The molecule has 2 rings (SSSR count). The Kier molecular flexibility index (Phi) is 4.55. The summed E-state index contributed by atoms with van der Waals surface area (Å²) in [5.74, 6) is 2.90. The molecule has 0 unspecified atom stereocenters. The Balaban J connectivity index is 2.06. The van der Waals surface area contributed by atoms with Crippen LogP contribution in [0.2, 0.25) is 0 Å². The van der Waals surface area contributed by atoms with E-state index < -0.39 is 0 Å². The molecule has 1 aliphatic rings. The fourth-order valence-corrected chi connectivity index (χ4v) is 2.33. The average molecular weight is 266 g/mol. The first-order valence-corrected chi connectivity index (χ1v) is 6.56. The van der Waals surface area contributed by atoms with Crippen molar-refractivity contribution in [3.63, 3.8) is 0 Å². The van der Waals surface area contributed by atoms with Crippen molar-refractivity contribution in [2.45, 2.75) is 25.6 Å². The van der Waals surface area contributed by atoms with Crippen molar-refractivity contribution in [1.29, 1.82) is 0 Å². The number of ether oxygens (including phenoxy) is 1. The smallest absolute Gasteiger partial charge is 0.158 e. The van der Waals surface area contributed by atoms with Gasteiger partial charge < -0.3 is 20.1 Å². The van der Waals surface area contributed by atoms with E-state index >= 15 is 0 Å². The highest BCUT2D eigenvalue weighted by atomic mass is 16.5. The van der Waals surface area contributed by atoms with Crippen LogP contribution in [-0.4, -0.2) is 48.9 Å². The van der Waals surface area contributed by atoms with Crippen LogP contribution >= 0.6 is 0 Å². The minimum absolute atomic E-state index is 0.110. The lowest BCUT2D eigenvalue weighted by Crippen LogP contribution is -2.37. The summed E-state index contributed by atoms with van der Waals surface area (Å²) < 4.78 is 5.09. The van der Waals surface area contributed by atoms with Gasteiger partial charge in [-0.05, 0) is 18.8 Å². The summed E-state index contributed by atoms with van der Waals surface area (Å²) in [6, 6.07) is 1.92. The van der Waals surface area contributed by atoms with Gasteiger partial charge in [0.1, 0.15) is 18.2 Å². The van der Waals surface area contributed by atoms with E-state index in [1.807, 2.05) is 20.2 Å². The number of anilines is 2. The molecule has 19 heavy (non-hydrogen) atoms. The zero-order valence-electron chi connectivity index (χ0n) is 11.8. The lowest BCUT2D eigenvalue weighted by atomic mass is 9.82. The molecular weight excluding hydrogens is 244 g/mol. The largest absolute Gasteiger partial charge is 0.393 e. The zero-order valence-corrected chi connectivity index (χ0v) is 11.8. The van der Waals surface area contributed by atoms with E-state index in [1.165, 1.54) is 0 Å². The lowest BCUT2D eigenvalue weighted by molar-refractivity contribution is 0.0464. The van der Waals surface area contributed by atoms with E-state index in [0.29, 0.717) is 18.3 Å². The van der Waals surface area contributed by atoms with E-state index in [0.717, 1.165) is 31.0 Å². The molecule has 0 atom stereocenters. The first kappa shape index (κ1) is 14.0. The molecular formula is C13H22N4O2. The summed E-state index contributed by atoms with van der Waals surface area (Å²) in [7, 11) is 5.49. The number of nitrogens with zero attached hydrogens (tertiary/aromatic N) is 3. The highest BCUT2D eigenvalue weighted by Gasteiger charge is 2.28. The molecule has 0 saturated heterocycles. The number of hydrogen-bond donors (Lipinski definition) is 2. The van der Waals surface area contributed by atoms with Gasteiger partial charge in [-0.1, -0.05) is 0 Å². The molecule has 1 aromatic rings. The zero-order chi connectivity index (χ0) is 13.8. The Hall–Kier alpha value is -1.40. The fourth-order valence-electron chi connectivity index (χ4n) is 2.33. The van der Waals surface area contributed by atoms with Gasteiger partial charge in [-0.2, -0.15) is 0 Å². The summed E-state index contributed by atoms with van der Waals surface area (Å²) in [6.45, 7) is 1.31. The molecule has 0 amide bonds. The average Bonchev–Trinajstić information content (AvgIpc) is 2.36. The van der Waals surface area contributed by atoms with Crippen LogP contribution in [0.4, 0.5) is 11.6 Å². The topological polar surface area (TPSA) is 70.5 Å². The van der Waals surface area contributed by atoms with Crippen LogP contribution in [0.3, 0.4) is 0 Å². The highest BCUT2D eigenvalue weighted by Crippen LogP contribution is 2.29. The monoisotopic (exact) mass is 266 g/mol. The Morgan fingerprint density at radius 2 is 2.21 bits per heavy atom. The van der Waals surface area contributed by atoms with Gasteiger partial charge in [0.25, 0.3) is 0 Å². The molecule has 1 saturated carbocycles. The Bertz CT molecular complexity index is 421. The van der Waals surface area contributed by atoms with Crippen molar-refractivity contribution in [2.75, 3.05) is 38.0 Å². The molecule has 1 aromatic heterocycles. The number of nitrogens with one attached hydrogen (secondary N) is 1. The van der Waals surface area contributed by atoms with Gasteiger partial charge in [0.05, 0.1) is 6.10 Å². The molecule has 6 nitrogen and oxygen atoms in total. The summed E-state index contributed by atoms with van der Waals surface area (Å²) in [4.78, 5) is 10.9. The van der Waals surface area contributed by atoms with Crippen LogP contribution in [0.1, 0.15) is 18.7 Å². The van der Waals surface area contributed by atoms with Crippen LogP contribution in [-0.2, 0) is 11.3 Å². The Labute approximate surface area is 113 Å². The maximum absolute atomic E-state index is 9.33. The van der Waals surface area contributed by atoms with E-state index in [1.54, 1.807) is 7.11 Å². The molecule has 0 radical (unpaired) electrons. The van der Waals surface area contributed by atoms with Crippen LogP contribution in [0.15, 0.2) is 6.07 Å². The van der Waals surface area contributed by atoms with Gasteiger partial charge in [0.15, 0.2) is 5.82 Å².